The Morgan fingerprint density at radius 3 is 0.983 bits per heavy atom. The molecule has 1 aliphatic carbocycles. The smallest absolute Gasteiger partial charge is 0.303 e. The molecule has 14 heteroatoms. The molecule has 1 aliphatic rings. The molecule has 0 spiro atoms. The minimum absolute atomic E-state index is 0. The standard InChI is InChI=1S/C20H18.C16H14O2.C9H10O2.C9H12O.C8H18O2Si.C8H10.C7H18Si.C6H12O2.C5H8O2.C5H12.C5H10.C3H6O.C2H6.3CH4/c1-20(17-11-5-2-6-12-17,18-13-7-3-8-14-18)19-15-9-4-10-16-19;1-11(17)18-10-16-14-8-4-2-6-12(14)13-7-3-5-9-15(13)16;1-8(10)11-7-9-5-3-2-4-6-9;1-3-8-4-6-9(10-2)7-5-8;1-7(9)10-5-6-11-8(2,3)4;1-2-8-6-4-3-5-7-8;1-7(2,3)8(4,5)6;1-5(7)8-6(2,3)4;1-3-4-7-5(2)6;1-5(2,3)4;1-3-5-4-2;1-3(2)4;1-2;;;/h2-16H,1H3;2-9,16H,10H2,1H3;2-6H,7H2,1H3;4-7H,3H2,1-2H3;5-6,11H2,1-4H3;3-7H,2H2,1H3;1-6H3;1-4H3;3H,1,4H2,2H3;1-4H3;3H,1,4-5H2,2H3;1-2H3;1-2H3;3*1H4. The Hall–Kier alpha value is -9.51. The molecule has 0 saturated carbocycles. The van der Waals surface area contributed by atoms with E-state index in [1.165, 1.54) is 111 Å². The van der Waals surface area contributed by atoms with E-state index in [2.05, 4.69) is 286 Å². The van der Waals surface area contributed by atoms with E-state index in [4.69, 9.17) is 23.7 Å². The van der Waals surface area contributed by atoms with Gasteiger partial charge < -0.3 is 33.2 Å². The summed E-state index contributed by atoms with van der Waals surface area (Å²) >= 11 is 0. The van der Waals surface area contributed by atoms with Gasteiger partial charge in [0.15, 0.2) is 0 Å². The predicted octanol–water partition coefficient (Wildman–Crippen LogP) is 28.8. The summed E-state index contributed by atoms with van der Waals surface area (Å²) in [5, 5.41) is 1.06. The van der Waals surface area contributed by atoms with Gasteiger partial charge in [-0.2, -0.15) is 0 Å². The Morgan fingerprint density at radius 2 is 0.742 bits per heavy atom. The van der Waals surface area contributed by atoms with Gasteiger partial charge in [0.05, 0.1) is 13.7 Å². The molecule has 670 valence electrons. The van der Waals surface area contributed by atoms with Crippen LogP contribution in [0, 0.1) is 5.41 Å². The van der Waals surface area contributed by atoms with Crippen LogP contribution in [0.25, 0.3) is 11.1 Å². The minimum atomic E-state index is -0.859. The minimum Gasteiger partial charge on any atom is -0.497 e. The summed E-state index contributed by atoms with van der Waals surface area (Å²) in [4.78, 5) is 61.4. The van der Waals surface area contributed by atoms with E-state index in [9.17, 15) is 28.8 Å². The molecule has 120 heavy (non-hydrogen) atoms. The van der Waals surface area contributed by atoms with Crippen LogP contribution in [-0.4, -0.2) is 85.8 Å². The molecule has 0 amide bonds. The lowest BCUT2D eigenvalue weighted by molar-refractivity contribution is -0.152. The molecule has 8 aromatic carbocycles. The van der Waals surface area contributed by atoms with Crippen LogP contribution in [0.4, 0.5) is 0 Å². The number of hydrogen-bond acceptors (Lipinski definition) is 12. The number of ether oxygens (including phenoxy) is 6. The Labute approximate surface area is 736 Å². The molecule has 9 rings (SSSR count). The first-order valence-corrected chi connectivity index (χ1v) is 46.4. The van der Waals surface area contributed by atoms with E-state index in [0.29, 0.717) is 41.9 Å². The summed E-state index contributed by atoms with van der Waals surface area (Å²) in [7, 11) is 0.752. The molecule has 0 aliphatic heterocycles. The van der Waals surface area contributed by atoms with Crippen molar-refractivity contribution < 1.29 is 57.2 Å². The van der Waals surface area contributed by atoms with Crippen molar-refractivity contribution in [3.05, 3.63) is 294 Å². The summed E-state index contributed by atoms with van der Waals surface area (Å²) in [5.74, 6) is 0.148. The predicted molar refractivity (Wildman–Crippen MR) is 525 cm³/mol. The lowest BCUT2D eigenvalue weighted by Crippen LogP contribution is -2.32. The summed E-state index contributed by atoms with van der Waals surface area (Å²) in [6.45, 7) is 66.8. The van der Waals surface area contributed by atoms with Crippen molar-refractivity contribution in [2.45, 2.75) is 287 Å². The Morgan fingerprint density at radius 1 is 0.425 bits per heavy atom. The van der Waals surface area contributed by atoms with E-state index in [0.717, 1.165) is 36.6 Å². The number of methoxy groups -OCH3 is 1. The maximum absolute atomic E-state index is 11.0. The van der Waals surface area contributed by atoms with Gasteiger partial charge in [0, 0.05) is 63.5 Å². The number of carbonyl (C=O) groups excluding carboxylic acids is 6. The maximum atomic E-state index is 11.0. The second-order valence-electron chi connectivity index (χ2n) is 33.3. The lowest BCUT2D eigenvalue weighted by atomic mass is 9.71. The molecular formula is C106H166O12Si2. The number of allylic oxidation sites excluding steroid dienone is 1. The van der Waals surface area contributed by atoms with E-state index in [1.54, 1.807) is 7.11 Å². The first-order chi connectivity index (χ1) is 54.7. The summed E-state index contributed by atoms with van der Waals surface area (Å²) in [6, 6.07) is 78.0. The lowest BCUT2D eigenvalue weighted by Gasteiger charge is -2.32. The van der Waals surface area contributed by atoms with Crippen molar-refractivity contribution in [3.8, 4) is 16.9 Å². The quantitative estimate of drug-likeness (QED) is 0.0212. The van der Waals surface area contributed by atoms with Crippen molar-refractivity contribution in [3.63, 3.8) is 0 Å². The van der Waals surface area contributed by atoms with Crippen molar-refractivity contribution >= 4 is 53.2 Å². The number of aryl methyl sites for hydroxylation is 2. The Bertz CT molecular complexity index is 3690. The van der Waals surface area contributed by atoms with Crippen LogP contribution >= 0.6 is 0 Å². The molecule has 0 saturated heterocycles. The molecule has 0 bridgehead atoms. The maximum Gasteiger partial charge on any atom is 0.303 e. The molecule has 0 N–H and O–H groups in total. The van der Waals surface area contributed by atoms with Crippen LogP contribution in [0.2, 0.25) is 35.8 Å². The summed E-state index contributed by atoms with van der Waals surface area (Å²) in [5.41, 5.74) is 12.8. The molecule has 12 nitrogen and oxygen atoms in total. The SMILES string of the molecule is C.C.C.C=CCCC.C=CCOC(C)=O.CC.CC(=O)OC(C)(C)C.CC(=O)OCC1c2ccccc2-c2ccccc21.CC(=O)OCC[SiH2]C(C)(C)C.CC(=O)OCc1ccccc1.CC(C)(C)C.CC(C)(C)[Si](C)(C)C.CC(C)=O.CC(c1ccccc1)(c1ccccc1)c1ccccc1.CCc1ccc(OC)cc1.CCc1ccccc1. The third kappa shape index (κ3) is 67.3. The van der Waals surface area contributed by atoms with Crippen molar-refractivity contribution in [1.82, 2.24) is 0 Å². The van der Waals surface area contributed by atoms with Crippen molar-refractivity contribution in [2.24, 2.45) is 5.41 Å². The van der Waals surface area contributed by atoms with Gasteiger partial charge in [-0.3, -0.25) is 24.0 Å². The molecular weight excluding hydrogens is 1520 g/mol. The molecule has 0 heterocycles. The van der Waals surface area contributed by atoms with E-state index < -0.39 is 8.07 Å². The zero-order valence-electron chi connectivity index (χ0n) is 78.0. The van der Waals surface area contributed by atoms with E-state index >= 15 is 0 Å². The van der Waals surface area contributed by atoms with Gasteiger partial charge in [-0.1, -0.05) is 383 Å². The first kappa shape index (κ1) is 124. The second kappa shape index (κ2) is 70.2. The zero-order valence-corrected chi connectivity index (χ0v) is 80.4. The number of esters is 5. The first-order valence-electron chi connectivity index (χ1n) is 41.2. The number of benzene rings is 8. The van der Waals surface area contributed by atoms with Crippen molar-refractivity contribution in [1.29, 1.82) is 0 Å². The van der Waals surface area contributed by atoms with E-state index in [-0.39, 0.29) is 84.4 Å². The highest BCUT2D eigenvalue weighted by Crippen LogP contribution is 2.45. The van der Waals surface area contributed by atoms with Gasteiger partial charge in [0.25, 0.3) is 0 Å². The van der Waals surface area contributed by atoms with Gasteiger partial charge >= 0.3 is 29.8 Å². The Kier molecular flexibility index (Phi) is 72.4. The van der Waals surface area contributed by atoms with Crippen LogP contribution in [0.3, 0.4) is 0 Å². The van der Waals surface area contributed by atoms with Crippen LogP contribution < -0.4 is 4.74 Å². The number of fused-ring (bicyclic) bond motifs is 3. The van der Waals surface area contributed by atoms with Crippen LogP contribution in [-0.2, 0) is 77.3 Å². The number of rotatable bonds is 17. The second-order valence-corrected chi connectivity index (χ2v) is 42.7. The Balaban J connectivity index is -0.000000238. The molecule has 0 radical (unpaired) electrons. The fraction of sp³-hybridized carbons (Fsp3) is 0.453. The summed E-state index contributed by atoms with van der Waals surface area (Å²) in [6.07, 6.45) is 8.07. The molecule has 0 atom stereocenters. The third-order valence-electron chi connectivity index (χ3n) is 16.5. The molecule has 0 unspecified atom stereocenters. The highest BCUT2D eigenvalue weighted by molar-refractivity contribution is 6.78. The van der Waals surface area contributed by atoms with Crippen LogP contribution in [0.1, 0.15) is 266 Å². The number of hydrogen-bond donors (Lipinski definition) is 0. The summed E-state index contributed by atoms with van der Waals surface area (Å²) < 4.78 is 29.1. The highest BCUT2D eigenvalue weighted by Gasteiger charge is 2.32. The average Bonchev–Trinajstić information content (AvgIpc) is 1.38. The van der Waals surface area contributed by atoms with Gasteiger partial charge in [-0.15, -0.1) is 6.58 Å². The van der Waals surface area contributed by atoms with Crippen LogP contribution in [0.5, 0.6) is 5.75 Å². The van der Waals surface area contributed by atoms with Crippen LogP contribution in [0.15, 0.2) is 250 Å². The number of carbonyl (C=O) groups is 6. The molecule has 0 fully saturated rings. The normalized spacial score (nSPS) is 10.4. The topological polar surface area (TPSA) is 158 Å². The molecule has 0 aromatic heterocycles. The van der Waals surface area contributed by atoms with Gasteiger partial charge in [0.1, 0.15) is 37.0 Å². The highest BCUT2D eigenvalue weighted by atomic mass is 28.3. The fourth-order valence-electron chi connectivity index (χ4n) is 9.42. The fourth-order valence-corrected chi connectivity index (χ4v) is 10.8. The monoisotopic (exact) mass is 1690 g/mol. The number of Topliss-reactive ketones (excluding diaryl/α,β-unsaturated/α-hetero) is 1. The molecule has 8 aromatic rings. The van der Waals surface area contributed by atoms with Gasteiger partial charge in [0.2, 0.25) is 0 Å². The number of ketones is 1. The van der Waals surface area contributed by atoms with Crippen molar-refractivity contribution in [2.75, 3.05) is 26.9 Å². The zero-order chi connectivity index (χ0) is 90.3. The average molecular weight is 1690 g/mol. The van der Waals surface area contributed by atoms with Gasteiger partial charge in [-0.05, 0) is 150 Å². The number of unbranched alkanes of at least 4 members (excludes halogenated alkanes) is 1. The third-order valence-corrected chi connectivity index (χ3v) is 23.2. The van der Waals surface area contributed by atoms with E-state index in [1.807, 2.05) is 113 Å². The largest absolute Gasteiger partial charge is 0.497 e. The van der Waals surface area contributed by atoms with Gasteiger partial charge in [-0.25, -0.2) is 0 Å².